The van der Waals surface area contributed by atoms with Gasteiger partial charge in [-0.05, 0) is 23.8 Å². The Balaban J connectivity index is 1.82. The largest absolute Gasteiger partial charge is 0.495 e. The van der Waals surface area contributed by atoms with Crippen LogP contribution in [0.15, 0.2) is 63.4 Å². The van der Waals surface area contributed by atoms with E-state index >= 15 is 0 Å². The van der Waals surface area contributed by atoms with Crippen molar-refractivity contribution in [3.63, 3.8) is 0 Å². The van der Waals surface area contributed by atoms with E-state index in [-0.39, 0.29) is 5.56 Å². The molecule has 2 aromatic carbocycles. The number of para-hydroxylation sites is 2. The fourth-order valence-corrected chi connectivity index (χ4v) is 5.31. The first-order chi connectivity index (χ1) is 13.2. The molecule has 4 rings (SSSR count). The van der Waals surface area contributed by atoms with Crippen molar-refractivity contribution in [1.29, 1.82) is 0 Å². The lowest BCUT2D eigenvalue weighted by Crippen LogP contribution is -2.24. The minimum Gasteiger partial charge on any atom is -0.495 e. The minimum absolute atomic E-state index is 0.0336. The normalized spacial score (nSPS) is 12.8. The number of ether oxygens (including phenoxy) is 1. The lowest BCUT2D eigenvalue weighted by molar-refractivity contribution is 0.411. The monoisotopic (exact) mass is 416 g/mol. The van der Waals surface area contributed by atoms with Crippen LogP contribution in [0.4, 0.5) is 0 Å². The molecule has 4 nitrogen and oxygen atoms in total. The predicted molar refractivity (Wildman–Crippen MR) is 112 cm³/mol. The average molecular weight is 417 g/mol. The fraction of sp³-hybridized carbons (Fsp3) is 0.200. The van der Waals surface area contributed by atoms with Crippen molar-refractivity contribution < 1.29 is 4.74 Å². The number of hydrogen-bond donors (Lipinski definition) is 0. The summed E-state index contributed by atoms with van der Waals surface area (Å²) in [6.45, 7) is 0. The molecule has 138 valence electrons. The second kappa shape index (κ2) is 8.00. The van der Waals surface area contributed by atoms with Crippen molar-refractivity contribution in [1.82, 2.24) is 9.55 Å². The van der Waals surface area contributed by atoms with Gasteiger partial charge in [-0.1, -0.05) is 53.7 Å². The maximum Gasteiger partial charge on any atom is 0.272 e. The van der Waals surface area contributed by atoms with E-state index in [2.05, 4.69) is 0 Å². The zero-order chi connectivity index (χ0) is 18.8. The quantitative estimate of drug-likeness (QED) is 0.440. The molecule has 3 aromatic rings. The second-order valence-corrected chi connectivity index (χ2v) is 8.42. The standard InChI is InChI=1S/C20H17ClN2O2S2/c1-25-17-9-5-4-8-16(17)23-19(24)18-15(10-11-26-18)22-20(23)27-12-13-6-2-3-7-14(13)21/h2-9H,10-12H2,1H3. The van der Waals surface area contributed by atoms with Crippen LogP contribution in [0.2, 0.25) is 5.02 Å². The van der Waals surface area contributed by atoms with Crippen LogP contribution in [-0.4, -0.2) is 22.4 Å². The second-order valence-electron chi connectivity index (χ2n) is 5.96. The van der Waals surface area contributed by atoms with Crippen LogP contribution < -0.4 is 10.3 Å². The van der Waals surface area contributed by atoms with Gasteiger partial charge >= 0.3 is 0 Å². The first-order valence-electron chi connectivity index (χ1n) is 8.47. The zero-order valence-electron chi connectivity index (χ0n) is 14.6. The number of nitrogens with zero attached hydrogens (tertiary/aromatic N) is 2. The summed E-state index contributed by atoms with van der Waals surface area (Å²) < 4.78 is 7.15. The first-order valence-corrected chi connectivity index (χ1v) is 10.8. The maximum atomic E-state index is 13.2. The molecule has 0 N–H and O–H groups in total. The highest BCUT2D eigenvalue weighted by molar-refractivity contribution is 7.99. The summed E-state index contributed by atoms with van der Waals surface area (Å²) in [6.07, 6.45) is 0.821. The first kappa shape index (κ1) is 18.5. The van der Waals surface area contributed by atoms with Crippen LogP contribution in [0.25, 0.3) is 5.69 Å². The molecule has 0 aliphatic carbocycles. The predicted octanol–water partition coefficient (Wildman–Crippen LogP) is 4.84. The van der Waals surface area contributed by atoms with Gasteiger partial charge in [-0.25, -0.2) is 4.98 Å². The van der Waals surface area contributed by atoms with E-state index in [4.69, 9.17) is 21.3 Å². The van der Waals surface area contributed by atoms with E-state index in [9.17, 15) is 4.79 Å². The van der Waals surface area contributed by atoms with Gasteiger partial charge < -0.3 is 4.74 Å². The van der Waals surface area contributed by atoms with E-state index in [0.717, 1.165) is 28.3 Å². The smallest absolute Gasteiger partial charge is 0.272 e. The Hall–Kier alpha value is -1.89. The molecular formula is C20H17ClN2O2S2. The molecule has 0 radical (unpaired) electrons. The summed E-state index contributed by atoms with van der Waals surface area (Å²) >= 11 is 9.38. The van der Waals surface area contributed by atoms with Crippen LogP contribution in [0.1, 0.15) is 11.3 Å². The SMILES string of the molecule is COc1ccccc1-n1c(SCc2ccccc2Cl)nc2c(c1=O)SCC2. The summed E-state index contributed by atoms with van der Waals surface area (Å²) in [5.41, 5.74) is 2.57. The Morgan fingerprint density at radius 1 is 1.22 bits per heavy atom. The van der Waals surface area contributed by atoms with Crippen LogP contribution in [-0.2, 0) is 12.2 Å². The number of methoxy groups -OCH3 is 1. The number of fused-ring (bicyclic) bond motifs is 1. The van der Waals surface area contributed by atoms with Crippen LogP contribution in [0, 0.1) is 0 Å². The number of aromatic nitrogens is 2. The van der Waals surface area contributed by atoms with Gasteiger partial charge in [-0.2, -0.15) is 0 Å². The molecule has 1 aromatic heterocycles. The molecule has 0 saturated carbocycles. The Kier molecular flexibility index (Phi) is 5.48. The third kappa shape index (κ3) is 3.61. The van der Waals surface area contributed by atoms with Crippen LogP contribution in [0.5, 0.6) is 5.75 Å². The summed E-state index contributed by atoms with van der Waals surface area (Å²) in [5, 5.41) is 1.37. The van der Waals surface area contributed by atoms with Crippen LogP contribution in [0.3, 0.4) is 0 Å². The van der Waals surface area contributed by atoms with E-state index < -0.39 is 0 Å². The molecule has 0 unspecified atom stereocenters. The number of aryl methyl sites for hydroxylation is 1. The Bertz CT molecular complexity index is 1050. The summed E-state index contributed by atoms with van der Waals surface area (Å²) in [5.74, 6) is 2.17. The molecular weight excluding hydrogens is 400 g/mol. The number of halogens is 1. The van der Waals surface area contributed by atoms with Gasteiger partial charge in [-0.15, -0.1) is 11.8 Å². The average Bonchev–Trinajstić information content (AvgIpc) is 3.16. The molecule has 0 spiro atoms. The molecule has 0 saturated heterocycles. The van der Waals surface area contributed by atoms with Crippen molar-refractivity contribution in [2.75, 3.05) is 12.9 Å². The van der Waals surface area contributed by atoms with E-state index in [1.54, 1.807) is 23.4 Å². The topological polar surface area (TPSA) is 44.1 Å². The van der Waals surface area contributed by atoms with Gasteiger partial charge in [-0.3, -0.25) is 9.36 Å². The number of hydrogen-bond acceptors (Lipinski definition) is 5. The molecule has 27 heavy (non-hydrogen) atoms. The lowest BCUT2D eigenvalue weighted by Gasteiger charge is -2.16. The highest BCUT2D eigenvalue weighted by Crippen LogP contribution is 2.33. The van der Waals surface area contributed by atoms with Crippen molar-refractivity contribution in [2.45, 2.75) is 22.2 Å². The van der Waals surface area contributed by atoms with Crippen molar-refractivity contribution in [3.05, 3.63) is 75.2 Å². The zero-order valence-corrected chi connectivity index (χ0v) is 17.0. The van der Waals surface area contributed by atoms with Gasteiger partial charge in [0.2, 0.25) is 0 Å². The van der Waals surface area contributed by atoms with E-state index in [1.165, 1.54) is 11.8 Å². The van der Waals surface area contributed by atoms with E-state index in [0.29, 0.717) is 27.4 Å². The van der Waals surface area contributed by atoms with Crippen LogP contribution >= 0.6 is 35.1 Å². The molecule has 2 heterocycles. The number of rotatable bonds is 5. The van der Waals surface area contributed by atoms with Gasteiger partial charge in [0.25, 0.3) is 5.56 Å². The van der Waals surface area contributed by atoms with E-state index in [1.807, 2.05) is 48.5 Å². The van der Waals surface area contributed by atoms with Crippen molar-refractivity contribution in [3.8, 4) is 11.4 Å². The summed E-state index contributed by atoms with van der Waals surface area (Å²) in [6, 6.07) is 15.3. The third-order valence-corrected chi connectivity index (χ3v) is 6.77. The van der Waals surface area contributed by atoms with Crippen molar-refractivity contribution >= 4 is 35.1 Å². The Labute approximate surface area is 170 Å². The fourth-order valence-electron chi connectivity index (χ4n) is 2.97. The number of benzene rings is 2. The molecule has 1 aliphatic rings. The van der Waals surface area contributed by atoms with Crippen molar-refractivity contribution in [2.24, 2.45) is 0 Å². The number of thioether (sulfide) groups is 2. The van der Waals surface area contributed by atoms with Gasteiger partial charge in [0.1, 0.15) is 5.75 Å². The third-order valence-electron chi connectivity index (χ3n) is 4.31. The molecule has 0 fully saturated rings. The molecule has 7 heteroatoms. The van der Waals surface area contributed by atoms with Gasteiger partial charge in [0, 0.05) is 22.9 Å². The van der Waals surface area contributed by atoms with Gasteiger partial charge in [0.15, 0.2) is 5.16 Å². The van der Waals surface area contributed by atoms with Gasteiger partial charge in [0.05, 0.1) is 23.4 Å². The Morgan fingerprint density at radius 3 is 2.81 bits per heavy atom. The highest BCUT2D eigenvalue weighted by atomic mass is 35.5. The summed E-state index contributed by atoms with van der Waals surface area (Å²) in [4.78, 5) is 18.8. The lowest BCUT2D eigenvalue weighted by atomic mass is 10.2. The summed E-state index contributed by atoms with van der Waals surface area (Å²) in [7, 11) is 1.61. The molecule has 0 atom stereocenters. The molecule has 0 amide bonds. The Morgan fingerprint density at radius 2 is 2.00 bits per heavy atom. The highest BCUT2D eigenvalue weighted by Gasteiger charge is 2.23. The molecule has 0 bridgehead atoms. The molecule has 1 aliphatic heterocycles. The maximum absolute atomic E-state index is 13.2. The minimum atomic E-state index is -0.0336.